The first kappa shape index (κ1) is 16.2. The maximum Gasteiger partial charge on any atom is 0.240 e. The molecule has 0 unspecified atom stereocenters. The molecule has 2 rings (SSSR count). The monoisotopic (exact) mass is 367 g/mol. The number of nitrogens with one attached hydrogen (secondary N) is 1. The fourth-order valence-electron chi connectivity index (χ4n) is 1.83. The molecule has 0 bridgehead atoms. The highest BCUT2D eigenvalue weighted by molar-refractivity contribution is 9.10. The standard InChI is InChI=1S/C16H18BrNO2S/c1-12(2)11-18-21(19,20)16-9-5-14(6-10-16)13-3-7-15(17)8-4-13/h3-10,12,18H,11H2,1-2H3. The molecule has 0 spiro atoms. The van der Waals surface area contributed by atoms with E-state index in [0.717, 1.165) is 15.6 Å². The van der Waals surface area contributed by atoms with Crippen LogP contribution in [0, 0.1) is 5.92 Å². The largest absolute Gasteiger partial charge is 0.240 e. The van der Waals surface area contributed by atoms with Crippen molar-refractivity contribution in [2.75, 3.05) is 6.54 Å². The van der Waals surface area contributed by atoms with E-state index in [0.29, 0.717) is 11.4 Å². The fraction of sp³-hybridized carbons (Fsp3) is 0.250. The van der Waals surface area contributed by atoms with Crippen LogP contribution in [-0.4, -0.2) is 15.0 Å². The molecule has 0 aromatic heterocycles. The van der Waals surface area contributed by atoms with Crippen molar-refractivity contribution < 1.29 is 8.42 Å². The lowest BCUT2D eigenvalue weighted by atomic mass is 10.1. The minimum absolute atomic E-state index is 0.279. The van der Waals surface area contributed by atoms with Crippen LogP contribution < -0.4 is 4.72 Å². The molecule has 2 aromatic rings. The Labute approximate surface area is 134 Å². The average molecular weight is 368 g/mol. The summed E-state index contributed by atoms with van der Waals surface area (Å²) in [5.41, 5.74) is 2.04. The van der Waals surface area contributed by atoms with Crippen LogP contribution >= 0.6 is 15.9 Å². The first-order chi connectivity index (χ1) is 9.88. The van der Waals surface area contributed by atoms with Crippen LogP contribution in [0.1, 0.15) is 13.8 Å². The van der Waals surface area contributed by atoms with E-state index in [9.17, 15) is 8.42 Å². The summed E-state index contributed by atoms with van der Waals surface area (Å²) >= 11 is 3.40. The maximum atomic E-state index is 12.1. The third kappa shape index (κ3) is 4.40. The second-order valence-electron chi connectivity index (χ2n) is 5.28. The third-order valence-electron chi connectivity index (χ3n) is 3.02. The molecule has 0 amide bonds. The van der Waals surface area contributed by atoms with Crippen LogP contribution in [0.2, 0.25) is 0 Å². The molecule has 0 aliphatic heterocycles. The summed E-state index contributed by atoms with van der Waals surface area (Å²) < 4.78 is 27.8. The van der Waals surface area contributed by atoms with Crippen LogP contribution in [0.5, 0.6) is 0 Å². The van der Waals surface area contributed by atoms with Crippen LogP contribution in [0.15, 0.2) is 57.9 Å². The Balaban J connectivity index is 2.20. The lowest BCUT2D eigenvalue weighted by Gasteiger charge is -2.09. The van der Waals surface area contributed by atoms with Crippen LogP contribution in [0.25, 0.3) is 11.1 Å². The zero-order valence-corrected chi connectivity index (χ0v) is 14.4. The highest BCUT2D eigenvalue weighted by atomic mass is 79.9. The predicted molar refractivity (Wildman–Crippen MR) is 89.6 cm³/mol. The van der Waals surface area contributed by atoms with Crippen molar-refractivity contribution in [3.05, 3.63) is 53.0 Å². The minimum atomic E-state index is -3.42. The van der Waals surface area contributed by atoms with Gasteiger partial charge in [-0.2, -0.15) is 0 Å². The van der Waals surface area contributed by atoms with Crippen molar-refractivity contribution in [3.8, 4) is 11.1 Å². The smallest absolute Gasteiger partial charge is 0.211 e. The number of hydrogen-bond acceptors (Lipinski definition) is 2. The summed E-state index contributed by atoms with van der Waals surface area (Å²) in [6, 6.07) is 14.8. The number of sulfonamides is 1. The van der Waals surface area contributed by atoms with Gasteiger partial charge in [0.05, 0.1) is 4.90 Å². The Hall–Kier alpha value is -1.17. The number of halogens is 1. The van der Waals surface area contributed by atoms with Gasteiger partial charge in [-0.3, -0.25) is 0 Å². The van der Waals surface area contributed by atoms with Gasteiger partial charge in [0.2, 0.25) is 10.0 Å². The van der Waals surface area contributed by atoms with Crippen molar-refractivity contribution >= 4 is 26.0 Å². The topological polar surface area (TPSA) is 46.2 Å². The van der Waals surface area contributed by atoms with E-state index in [1.165, 1.54) is 0 Å². The molecule has 0 heterocycles. The lowest BCUT2D eigenvalue weighted by molar-refractivity contribution is 0.560. The molecule has 0 saturated heterocycles. The quantitative estimate of drug-likeness (QED) is 0.866. The Bertz CT molecular complexity index is 692. The first-order valence-corrected chi connectivity index (χ1v) is 9.02. The number of hydrogen-bond donors (Lipinski definition) is 1. The van der Waals surface area contributed by atoms with Crippen molar-refractivity contribution in [3.63, 3.8) is 0 Å². The molecule has 0 atom stereocenters. The number of rotatable bonds is 5. The van der Waals surface area contributed by atoms with Gasteiger partial charge in [0.1, 0.15) is 0 Å². The van der Waals surface area contributed by atoms with Crippen molar-refractivity contribution in [1.82, 2.24) is 4.72 Å². The van der Waals surface area contributed by atoms with Gasteiger partial charge in [0.15, 0.2) is 0 Å². The van der Waals surface area contributed by atoms with E-state index < -0.39 is 10.0 Å². The minimum Gasteiger partial charge on any atom is -0.211 e. The van der Waals surface area contributed by atoms with Gasteiger partial charge in [-0.15, -0.1) is 0 Å². The molecule has 1 N–H and O–H groups in total. The first-order valence-electron chi connectivity index (χ1n) is 6.74. The normalized spacial score (nSPS) is 11.8. The SMILES string of the molecule is CC(C)CNS(=O)(=O)c1ccc(-c2ccc(Br)cc2)cc1. The second-order valence-corrected chi connectivity index (χ2v) is 7.96. The fourth-order valence-corrected chi connectivity index (χ4v) is 3.31. The lowest BCUT2D eigenvalue weighted by Crippen LogP contribution is -2.27. The van der Waals surface area contributed by atoms with Gasteiger partial charge in [0, 0.05) is 11.0 Å². The van der Waals surface area contributed by atoms with Gasteiger partial charge in [-0.1, -0.05) is 54.0 Å². The summed E-state index contributed by atoms with van der Waals surface area (Å²) in [7, 11) is -3.42. The molecule has 2 aromatic carbocycles. The molecule has 0 saturated carbocycles. The Kier molecular flexibility index (Phi) is 5.19. The molecule has 21 heavy (non-hydrogen) atoms. The van der Waals surface area contributed by atoms with Crippen molar-refractivity contribution in [2.24, 2.45) is 5.92 Å². The third-order valence-corrected chi connectivity index (χ3v) is 4.99. The zero-order chi connectivity index (χ0) is 15.5. The summed E-state index contributed by atoms with van der Waals surface area (Å²) in [4.78, 5) is 0.295. The van der Waals surface area contributed by atoms with Crippen molar-refractivity contribution in [1.29, 1.82) is 0 Å². The molecule has 0 fully saturated rings. The molecule has 0 aliphatic carbocycles. The van der Waals surface area contributed by atoms with E-state index >= 15 is 0 Å². The molecular formula is C16H18BrNO2S. The molecule has 0 aliphatic rings. The maximum absolute atomic E-state index is 12.1. The van der Waals surface area contributed by atoms with Gasteiger partial charge in [0.25, 0.3) is 0 Å². The summed E-state index contributed by atoms with van der Waals surface area (Å²) in [5.74, 6) is 0.279. The highest BCUT2D eigenvalue weighted by Crippen LogP contribution is 2.23. The molecular weight excluding hydrogens is 350 g/mol. The van der Waals surface area contributed by atoms with Crippen LogP contribution in [0.3, 0.4) is 0 Å². The Morgan fingerprint density at radius 1 is 0.952 bits per heavy atom. The number of benzene rings is 2. The van der Waals surface area contributed by atoms with Gasteiger partial charge < -0.3 is 0 Å². The summed E-state index contributed by atoms with van der Waals surface area (Å²) in [5, 5.41) is 0. The van der Waals surface area contributed by atoms with Gasteiger partial charge >= 0.3 is 0 Å². The predicted octanol–water partition coefficient (Wildman–Crippen LogP) is 4.05. The molecule has 3 nitrogen and oxygen atoms in total. The van der Waals surface area contributed by atoms with E-state index in [-0.39, 0.29) is 5.92 Å². The van der Waals surface area contributed by atoms with E-state index in [1.54, 1.807) is 12.1 Å². The highest BCUT2D eigenvalue weighted by Gasteiger charge is 2.13. The zero-order valence-electron chi connectivity index (χ0n) is 12.0. The van der Waals surface area contributed by atoms with Crippen LogP contribution in [0.4, 0.5) is 0 Å². The Morgan fingerprint density at radius 2 is 1.43 bits per heavy atom. The molecule has 0 radical (unpaired) electrons. The van der Waals surface area contributed by atoms with Gasteiger partial charge in [-0.25, -0.2) is 13.1 Å². The van der Waals surface area contributed by atoms with Crippen molar-refractivity contribution in [2.45, 2.75) is 18.7 Å². The second kappa shape index (κ2) is 6.73. The molecule has 5 heteroatoms. The van der Waals surface area contributed by atoms with E-state index in [4.69, 9.17) is 0 Å². The summed E-state index contributed by atoms with van der Waals surface area (Å²) in [6.45, 7) is 4.38. The molecule has 112 valence electrons. The van der Waals surface area contributed by atoms with E-state index in [1.807, 2.05) is 50.2 Å². The summed E-state index contributed by atoms with van der Waals surface area (Å²) in [6.07, 6.45) is 0. The van der Waals surface area contributed by atoms with Crippen LogP contribution in [-0.2, 0) is 10.0 Å². The average Bonchev–Trinajstić information content (AvgIpc) is 2.46. The van der Waals surface area contributed by atoms with E-state index in [2.05, 4.69) is 20.7 Å². The van der Waals surface area contributed by atoms with Gasteiger partial charge in [-0.05, 0) is 41.3 Å². The Morgan fingerprint density at radius 3 is 1.90 bits per heavy atom.